The van der Waals surface area contributed by atoms with E-state index in [1.54, 1.807) is 0 Å². The Bertz CT molecular complexity index is 793. The lowest BCUT2D eigenvalue weighted by atomic mass is 9.80. The summed E-state index contributed by atoms with van der Waals surface area (Å²) >= 11 is 3.62. The number of carbonyl (C=O) groups is 1. The molecule has 2 aromatic rings. The van der Waals surface area contributed by atoms with Gasteiger partial charge < -0.3 is 10.1 Å². The van der Waals surface area contributed by atoms with Gasteiger partial charge in [0.15, 0.2) is 0 Å². The standard InChI is InChI=1S/C16H15BrN2O2/c1-19-7-8(16(20)21)5-10-9-3-2-4-12-14(9)11(6-13(10)19)15(17)18-12/h2-5,8,13,18H,6-7H2,1H3,(H,20,21). The third kappa shape index (κ3) is 1.80. The van der Waals surface area contributed by atoms with Crippen molar-refractivity contribution in [1.82, 2.24) is 9.88 Å². The topological polar surface area (TPSA) is 56.3 Å². The second-order valence-electron chi connectivity index (χ2n) is 5.87. The van der Waals surface area contributed by atoms with E-state index in [1.165, 1.54) is 16.5 Å². The zero-order chi connectivity index (χ0) is 14.7. The first-order valence-corrected chi connectivity index (χ1v) is 7.79. The molecule has 2 unspecified atom stereocenters. The molecule has 2 N–H and O–H groups in total. The van der Waals surface area contributed by atoms with Gasteiger partial charge in [-0.3, -0.25) is 9.69 Å². The summed E-state index contributed by atoms with van der Waals surface area (Å²) in [5, 5.41) is 10.6. The normalized spacial score (nSPS) is 24.8. The Kier molecular flexibility index (Phi) is 2.78. The largest absolute Gasteiger partial charge is 0.481 e. The van der Waals surface area contributed by atoms with Gasteiger partial charge in [-0.05, 0) is 52.2 Å². The summed E-state index contributed by atoms with van der Waals surface area (Å²) in [4.78, 5) is 16.9. The number of carboxylic acid groups (broad SMARTS) is 1. The second kappa shape index (κ2) is 4.45. The van der Waals surface area contributed by atoms with Gasteiger partial charge in [-0.1, -0.05) is 18.2 Å². The van der Waals surface area contributed by atoms with E-state index in [-0.39, 0.29) is 6.04 Å². The van der Waals surface area contributed by atoms with E-state index in [9.17, 15) is 9.90 Å². The molecule has 0 fully saturated rings. The molecule has 21 heavy (non-hydrogen) atoms. The van der Waals surface area contributed by atoms with Crippen LogP contribution in [0.2, 0.25) is 0 Å². The molecule has 4 rings (SSSR count). The fourth-order valence-corrected chi connectivity index (χ4v) is 4.22. The van der Waals surface area contributed by atoms with Crippen molar-refractivity contribution in [2.45, 2.75) is 12.5 Å². The zero-order valence-electron chi connectivity index (χ0n) is 11.6. The molecule has 0 bridgehead atoms. The highest BCUT2D eigenvalue weighted by Gasteiger charge is 2.36. The lowest BCUT2D eigenvalue weighted by Crippen LogP contribution is -2.44. The van der Waals surface area contributed by atoms with Crippen LogP contribution in [0.1, 0.15) is 11.1 Å². The van der Waals surface area contributed by atoms with Crippen molar-refractivity contribution in [2.24, 2.45) is 5.92 Å². The molecule has 1 aliphatic heterocycles. The molecule has 2 heterocycles. The third-order valence-electron chi connectivity index (χ3n) is 4.66. The molecule has 0 radical (unpaired) electrons. The van der Waals surface area contributed by atoms with Crippen LogP contribution in [0.15, 0.2) is 28.9 Å². The SMILES string of the molecule is CN1CC(C(=O)O)C=C2c3cccc4[nH]c(Br)c(c34)CC21. The van der Waals surface area contributed by atoms with E-state index in [2.05, 4.69) is 37.9 Å². The highest BCUT2D eigenvalue weighted by Crippen LogP contribution is 2.43. The Morgan fingerprint density at radius 3 is 3.05 bits per heavy atom. The van der Waals surface area contributed by atoms with E-state index in [1.807, 2.05) is 19.2 Å². The van der Waals surface area contributed by atoms with Crippen LogP contribution in [0.5, 0.6) is 0 Å². The molecule has 2 atom stereocenters. The summed E-state index contributed by atoms with van der Waals surface area (Å²) in [6.45, 7) is 0.566. The van der Waals surface area contributed by atoms with Crippen molar-refractivity contribution < 1.29 is 9.90 Å². The maximum Gasteiger partial charge on any atom is 0.311 e. The van der Waals surface area contributed by atoms with Gasteiger partial charge in [0.1, 0.15) is 0 Å². The fraction of sp³-hybridized carbons (Fsp3) is 0.312. The van der Waals surface area contributed by atoms with E-state index in [0.29, 0.717) is 6.54 Å². The number of nitrogens with zero attached hydrogens (tertiary/aromatic N) is 1. The van der Waals surface area contributed by atoms with Gasteiger partial charge in [-0.15, -0.1) is 0 Å². The molecule has 0 spiro atoms. The Balaban J connectivity index is 1.99. The number of carboxylic acids is 1. The fourth-order valence-electron chi connectivity index (χ4n) is 3.65. The average molecular weight is 347 g/mol. The summed E-state index contributed by atoms with van der Waals surface area (Å²) < 4.78 is 1.04. The van der Waals surface area contributed by atoms with Crippen LogP contribution < -0.4 is 0 Å². The van der Waals surface area contributed by atoms with E-state index >= 15 is 0 Å². The first-order valence-electron chi connectivity index (χ1n) is 7.00. The molecule has 5 heteroatoms. The highest BCUT2D eigenvalue weighted by atomic mass is 79.9. The Hall–Kier alpha value is -1.59. The number of likely N-dealkylation sites (N-methyl/N-ethyl adjacent to an activating group) is 1. The summed E-state index contributed by atoms with van der Waals surface area (Å²) in [6.07, 6.45) is 2.86. The van der Waals surface area contributed by atoms with Crippen LogP contribution in [0, 0.1) is 5.92 Å². The number of nitrogens with one attached hydrogen (secondary N) is 1. The molecule has 0 saturated carbocycles. The lowest BCUT2D eigenvalue weighted by Gasteiger charge is -2.38. The predicted molar refractivity (Wildman–Crippen MR) is 85.2 cm³/mol. The van der Waals surface area contributed by atoms with Gasteiger partial charge in [0.25, 0.3) is 0 Å². The van der Waals surface area contributed by atoms with Crippen LogP contribution >= 0.6 is 15.9 Å². The number of aromatic amines is 1. The number of benzene rings is 1. The maximum absolute atomic E-state index is 11.4. The van der Waals surface area contributed by atoms with Crippen LogP contribution in [0.4, 0.5) is 0 Å². The molecule has 0 amide bonds. The van der Waals surface area contributed by atoms with Crippen LogP contribution in [-0.2, 0) is 11.2 Å². The number of rotatable bonds is 1. The minimum Gasteiger partial charge on any atom is -0.481 e. The molecule has 4 nitrogen and oxygen atoms in total. The quantitative estimate of drug-likeness (QED) is 0.834. The Morgan fingerprint density at radius 1 is 1.48 bits per heavy atom. The number of H-pyrrole nitrogens is 1. The van der Waals surface area contributed by atoms with Crippen molar-refractivity contribution in [2.75, 3.05) is 13.6 Å². The Morgan fingerprint density at radius 2 is 2.29 bits per heavy atom. The van der Waals surface area contributed by atoms with Crippen molar-refractivity contribution in [3.8, 4) is 0 Å². The first kappa shape index (κ1) is 13.1. The molecular weight excluding hydrogens is 332 g/mol. The van der Waals surface area contributed by atoms with Crippen molar-refractivity contribution in [3.05, 3.63) is 40.0 Å². The number of hydrogen-bond donors (Lipinski definition) is 2. The highest BCUT2D eigenvalue weighted by molar-refractivity contribution is 9.10. The van der Waals surface area contributed by atoms with Crippen molar-refractivity contribution in [3.63, 3.8) is 0 Å². The minimum atomic E-state index is -0.749. The second-order valence-corrected chi connectivity index (χ2v) is 6.66. The zero-order valence-corrected chi connectivity index (χ0v) is 13.1. The van der Waals surface area contributed by atoms with Gasteiger partial charge in [-0.2, -0.15) is 0 Å². The summed E-state index contributed by atoms with van der Waals surface area (Å²) in [7, 11) is 2.01. The van der Waals surface area contributed by atoms with Gasteiger partial charge in [0.2, 0.25) is 0 Å². The lowest BCUT2D eigenvalue weighted by molar-refractivity contribution is -0.140. The number of fused-ring (bicyclic) bond motifs is 2. The van der Waals surface area contributed by atoms with Crippen LogP contribution in [0.3, 0.4) is 0 Å². The number of hydrogen-bond acceptors (Lipinski definition) is 2. The molecule has 1 aromatic heterocycles. The molecule has 1 aliphatic carbocycles. The predicted octanol–water partition coefficient (Wildman–Crippen LogP) is 2.88. The van der Waals surface area contributed by atoms with Crippen LogP contribution in [-0.4, -0.2) is 40.6 Å². The van der Waals surface area contributed by atoms with E-state index < -0.39 is 11.9 Å². The molecule has 0 saturated heterocycles. The monoisotopic (exact) mass is 346 g/mol. The smallest absolute Gasteiger partial charge is 0.311 e. The molecule has 2 aliphatic rings. The van der Waals surface area contributed by atoms with Gasteiger partial charge >= 0.3 is 5.97 Å². The summed E-state index contributed by atoms with van der Waals surface area (Å²) in [5.74, 6) is -1.18. The molecular formula is C16H15BrN2O2. The van der Waals surface area contributed by atoms with E-state index in [4.69, 9.17) is 0 Å². The molecule has 1 aromatic carbocycles. The average Bonchev–Trinajstić information content (AvgIpc) is 2.77. The van der Waals surface area contributed by atoms with E-state index in [0.717, 1.165) is 22.1 Å². The third-order valence-corrected chi connectivity index (χ3v) is 5.33. The first-order chi connectivity index (χ1) is 10.1. The van der Waals surface area contributed by atoms with Crippen molar-refractivity contribution in [1.29, 1.82) is 0 Å². The van der Waals surface area contributed by atoms with Gasteiger partial charge in [0, 0.05) is 23.5 Å². The number of halogens is 1. The van der Waals surface area contributed by atoms with Gasteiger partial charge in [0.05, 0.1) is 10.5 Å². The van der Waals surface area contributed by atoms with Crippen LogP contribution in [0.25, 0.3) is 16.5 Å². The number of aliphatic carboxylic acids is 1. The summed E-state index contributed by atoms with van der Waals surface area (Å²) in [6, 6.07) is 6.45. The summed E-state index contributed by atoms with van der Waals surface area (Å²) in [5.41, 5.74) is 4.72. The van der Waals surface area contributed by atoms with Gasteiger partial charge in [-0.25, -0.2) is 0 Å². The minimum absolute atomic E-state index is 0.255. The Labute approximate surface area is 130 Å². The maximum atomic E-state index is 11.4. The molecule has 108 valence electrons. The number of aromatic nitrogens is 1. The van der Waals surface area contributed by atoms with Crippen molar-refractivity contribution >= 4 is 38.4 Å².